The van der Waals surface area contributed by atoms with Crippen LogP contribution in [-0.4, -0.2) is 39.2 Å². The van der Waals surface area contributed by atoms with Crippen LogP contribution < -0.4 is 20.3 Å². The minimum absolute atomic E-state index is 0.307. The molecule has 6 nitrogen and oxygen atoms in total. The average molecular weight is 294 g/mol. The van der Waals surface area contributed by atoms with Crippen molar-refractivity contribution in [2.45, 2.75) is 26.4 Å². The number of ether oxygens (including phenoxy) is 1. The summed E-state index contributed by atoms with van der Waals surface area (Å²) in [5.74, 6) is 0.498. The van der Waals surface area contributed by atoms with Crippen LogP contribution in [0.3, 0.4) is 0 Å². The van der Waals surface area contributed by atoms with E-state index in [2.05, 4.69) is 10.6 Å². The number of aryl methyl sites for hydroxylation is 1. The maximum absolute atomic E-state index is 11.9. The maximum Gasteiger partial charge on any atom is 0.321 e. The molecule has 0 bridgehead atoms. The highest BCUT2D eigenvalue weighted by Gasteiger charge is 2.24. The number of quaternary nitrogens is 1. The summed E-state index contributed by atoms with van der Waals surface area (Å²) in [5, 5.41) is 4.66. The molecule has 0 radical (unpaired) electrons. The van der Waals surface area contributed by atoms with Crippen molar-refractivity contribution in [1.82, 2.24) is 10.6 Å². The van der Waals surface area contributed by atoms with E-state index < -0.39 is 6.03 Å². The maximum atomic E-state index is 11.9. The molecule has 0 heterocycles. The predicted molar refractivity (Wildman–Crippen MR) is 80.4 cm³/mol. The van der Waals surface area contributed by atoms with Crippen LogP contribution in [-0.2, 0) is 11.3 Å². The van der Waals surface area contributed by atoms with Crippen LogP contribution in [0, 0.1) is 6.92 Å². The minimum atomic E-state index is -0.493. The first-order valence-electron chi connectivity index (χ1n) is 6.87. The Labute approximate surface area is 125 Å². The molecule has 3 amide bonds. The summed E-state index contributed by atoms with van der Waals surface area (Å²) >= 11 is 0. The van der Waals surface area contributed by atoms with Gasteiger partial charge in [0.25, 0.3) is 5.91 Å². The van der Waals surface area contributed by atoms with Gasteiger partial charge in [0.1, 0.15) is 12.3 Å². The molecule has 3 N–H and O–H groups in total. The lowest BCUT2D eigenvalue weighted by molar-refractivity contribution is -0.908. The molecule has 1 unspecified atom stereocenters. The van der Waals surface area contributed by atoms with Crippen molar-refractivity contribution in [3.63, 3.8) is 0 Å². The third kappa shape index (κ3) is 4.75. The lowest BCUT2D eigenvalue weighted by Gasteiger charge is -2.21. The molecule has 2 atom stereocenters. The van der Waals surface area contributed by atoms with E-state index in [0.29, 0.717) is 6.54 Å². The predicted octanol–water partition coefficient (Wildman–Crippen LogP) is -0.138. The second-order valence-corrected chi connectivity index (χ2v) is 5.13. The molecule has 0 aliphatic carbocycles. The van der Waals surface area contributed by atoms with Crippen LogP contribution in [0.2, 0.25) is 0 Å². The van der Waals surface area contributed by atoms with E-state index in [-0.39, 0.29) is 11.9 Å². The van der Waals surface area contributed by atoms with Gasteiger partial charge in [0.2, 0.25) is 0 Å². The first-order chi connectivity index (χ1) is 9.88. The van der Waals surface area contributed by atoms with Gasteiger partial charge in [-0.3, -0.25) is 10.1 Å². The molecule has 1 aromatic rings. The van der Waals surface area contributed by atoms with E-state index in [1.165, 1.54) is 7.05 Å². The van der Waals surface area contributed by atoms with Crippen LogP contribution >= 0.6 is 0 Å². The third-order valence-electron chi connectivity index (χ3n) is 3.50. The quantitative estimate of drug-likeness (QED) is 0.708. The van der Waals surface area contributed by atoms with Crippen LogP contribution in [0.4, 0.5) is 4.79 Å². The number of carbonyl (C=O) groups excluding carboxylic acids is 2. The first kappa shape index (κ1) is 17.0. The second kappa shape index (κ2) is 7.64. The number of amides is 3. The van der Waals surface area contributed by atoms with Gasteiger partial charge in [-0.2, -0.15) is 0 Å². The molecule has 116 valence electrons. The fourth-order valence-electron chi connectivity index (χ4n) is 2.01. The number of benzene rings is 1. The molecule has 0 aliphatic heterocycles. The summed E-state index contributed by atoms with van der Waals surface area (Å²) in [6.45, 7) is 4.43. The van der Waals surface area contributed by atoms with Crippen molar-refractivity contribution in [3.8, 4) is 5.75 Å². The van der Waals surface area contributed by atoms with Crippen molar-refractivity contribution >= 4 is 11.9 Å². The smallest absolute Gasteiger partial charge is 0.321 e. The van der Waals surface area contributed by atoms with Gasteiger partial charge in [-0.05, 0) is 26.0 Å². The SMILES string of the molecule is CNC(=O)NC(=O)[C@H](C)[NH+](C)Cc1cc(C)ccc1OC. The summed E-state index contributed by atoms with van der Waals surface area (Å²) in [5.41, 5.74) is 2.18. The van der Waals surface area contributed by atoms with Gasteiger partial charge >= 0.3 is 6.03 Å². The molecular weight excluding hydrogens is 270 g/mol. The molecule has 1 aromatic carbocycles. The Kier molecular flexibility index (Phi) is 6.17. The van der Waals surface area contributed by atoms with Gasteiger partial charge in [0.15, 0.2) is 6.04 Å². The van der Waals surface area contributed by atoms with Crippen LogP contribution in [0.25, 0.3) is 0 Å². The highest BCUT2D eigenvalue weighted by atomic mass is 16.5. The zero-order valence-corrected chi connectivity index (χ0v) is 13.2. The highest BCUT2D eigenvalue weighted by molar-refractivity contribution is 5.96. The number of carbonyl (C=O) groups is 2. The van der Waals surface area contributed by atoms with Gasteiger partial charge in [-0.25, -0.2) is 4.79 Å². The normalized spacial score (nSPS) is 13.2. The Morgan fingerprint density at radius 1 is 1.38 bits per heavy atom. The summed E-state index contributed by atoms with van der Waals surface area (Å²) in [6, 6.07) is 5.11. The zero-order chi connectivity index (χ0) is 16.0. The molecule has 0 fully saturated rings. The lowest BCUT2D eigenvalue weighted by atomic mass is 10.1. The molecule has 0 spiro atoms. The number of urea groups is 1. The number of rotatable bonds is 5. The highest BCUT2D eigenvalue weighted by Crippen LogP contribution is 2.18. The Balaban J connectivity index is 2.76. The van der Waals surface area contributed by atoms with Crippen molar-refractivity contribution < 1.29 is 19.2 Å². The van der Waals surface area contributed by atoms with Crippen molar-refractivity contribution in [1.29, 1.82) is 0 Å². The van der Waals surface area contributed by atoms with E-state index >= 15 is 0 Å². The number of imide groups is 1. The second-order valence-electron chi connectivity index (χ2n) is 5.13. The lowest BCUT2D eigenvalue weighted by Crippen LogP contribution is -3.12. The Bertz CT molecular complexity index is 517. The van der Waals surface area contributed by atoms with Crippen LogP contribution in [0.1, 0.15) is 18.1 Å². The van der Waals surface area contributed by atoms with Gasteiger partial charge in [-0.15, -0.1) is 0 Å². The molecule has 0 saturated carbocycles. The summed E-state index contributed by atoms with van der Waals surface area (Å²) in [7, 11) is 5.02. The molecule has 0 aliphatic rings. The standard InChI is InChI=1S/C15H23N3O3/c1-10-6-7-13(21-5)12(8-10)9-18(4)11(2)14(19)17-15(20)16-3/h6-8,11H,9H2,1-5H3,(H2,16,17,19,20)/p+1/t11-/m0/s1. The van der Waals surface area contributed by atoms with Gasteiger partial charge in [-0.1, -0.05) is 11.6 Å². The fraction of sp³-hybridized carbons (Fsp3) is 0.467. The topological polar surface area (TPSA) is 71.9 Å². The Hall–Kier alpha value is -2.08. The third-order valence-corrected chi connectivity index (χ3v) is 3.50. The van der Waals surface area contributed by atoms with Gasteiger partial charge < -0.3 is 15.0 Å². The summed E-state index contributed by atoms with van der Waals surface area (Å²) in [6.07, 6.45) is 0. The Morgan fingerprint density at radius 2 is 2.05 bits per heavy atom. The number of methoxy groups -OCH3 is 1. The fourth-order valence-corrected chi connectivity index (χ4v) is 2.01. The molecular formula is C15H24N3O3+. The van der Waals surface area contributed by atoms with Crippen LogP contribution in [0.15, 0.2) is 18.2 Å². The molecule has 21 heavy (non-hydrogen) atoms. The average Bonchev–Trinajstić information content (AvgIpc) is 2.46. The van der Waals surface area contributed by atoms with Crippen molar-refractivity contribution in [3.05, 3.63) is 29.3 Å². The summed E-state index contributed by atoms with van der Waals surface area (Å²) in [4.78, 5) is 24.1. The van der Waals surface area contributed by atoms with E-state index in [0.717, 1.165) is 21.8 Å². The molecule has 1 rings (SSSR count). The first-order valence-corrected chi connectivity index (χ1v) is 6.87. The molecule has 0 saturated heterocycles. The van der Waals surface area contributed by atoms with Gasteiger partial charge in [0, 0.05) is 12.6 Å². The van der Waals surface area contributed by atoms with Gasteiger partial charge in [0.05, 0.1) is 14.2 Å². The minimum Gasteiger partial charge on any atom is -0.496 e. The van der Waals surface area contributed by atoms with E-state index in [9.17, 15) is 9.59 Å². The van der Waals surface area contributed by atoms with Crippen molar-refractivity contribution in [2.24, 2.45) is 0 Å². The number of hydrogen-bond donors (Lipinski definition) is 3. The Morgan fingerprint density at radius 3 is 2.62 bits per heavy atom. The van der Waals surface area contributed by atoms with E-state index in [1.54, 1.807) is 14.0 Å². The monoisotopic (exact) mass is 294 g/mol. The zero-order valence-electron chi connectivity index (χ0n) is 13.2. The van der Waals surface area contributed by atoms with Crippen LogP contribution in [0.5, 0.6) is 5.75 Å². The largest absolute Gasteiger partial charge is 0.496 e. The number of nitrogens with one attached hydrogen (secondary N) is 3. The van der Waals surface area contributed by atoms with Crippen molar-refractivity contribution in [2.75, 3.05) is 21.2 Å². The molecule has 6 heteroatoms. The van der Waals surface area contributed by atoms with E-state index in [1.807, 2.05) is 32.2 Å². The van der Waals surface area contributed by atoms with E-state index in [4.69, 9.17) is 4.74 Å². The number of likely N-dealkylation sites (N-methyl/N-ethyl adjacent to an activating group) is 1. The molecule has 0 aromatic heterocycles. The number of hydrogen-bond acceptors (Lipinski definition) is 3. The summed E-state index contributed by atoms with van der Waals surface area (Å²) < 4.78 is 5.35.